The fourth-order valence-electron chi connectivity index (χ4n) is 2.75. The van der Waals surface area contributed by atoms with Gasteiger partial charge in [0.1, 0.15) is 5.75 Å². The molecule has 0 aliphatic carbocycles. The number of nitrogens with one attached hydrogen (secondary N) is 2. The predicted octanol–water partition coefficient (Wildman–Crippen LogP) is 3.86. The Balaban J connectivity index is 1.71. The summed E-state index contributed by atoms with van der Waals surface area (Å²) in [7, 11) is 0. The number of anilines is 2. The van der Waals surface area contributed by atoms with E-state index in [4.69, 9.17) is 4.74 Å². The van der Waals surface area contributed by atoms with Gasteiger partial charge in [0.25, 0.3) is 11.8 Å². The SMILES string of the molecule is CC(C)Cc1ccc(C(=O)Nc2ccc3c(c2)NC(=O)[C@H](C)O3)cc1. The molecule has 0 saturated carbocycles. The maximum Gasteiger partial charge on any atom is 0.265 e. The van der Waals surface area contributed by atoms with E-state index < -0.39 is 6.10 Å². The van der Waals surface area contributed by atoms with Crippen LogP contribution in [-0.4, -0.2) is 17.9 Å². The van der Waals surface area contributed by atoms with Gasteiger partial charge in [0.15, 0.2) is 6.10 Å². The molecule has 2 aromatic rings. The van der Waals surface area contributed by atoms with Crippen LogP contribution in [0.25, 0.3) is 0 Å². The first kappa shape index (κ1) is 17.0. The maximum absolute atomic E-state index is 12.4. The lowest BCUT2D eigenvalue weighted by molar-refractivity contribution is -0.122. The summed E-state index contributed by atoms with van der Waals surface area (Å²) in [6.07, 6.45) is 0.475. The van der Waals surface area contributed by atoms with Crippen LogP contribution in [0.2, 0.25) is 0 Å². The molecule has 0 aromatic heterocycles. The lowest BCUT2D eigenvalue weighted by Gasteiger charge is -2.23. The molecule has 5 heteroatoms. The molecule has 3 rings (SSSR count). The van der Waals surface area contributed by atoms with Crippen molar-refractivity contribution in [2.75, 3.05) is 10.6 Å². The zero-order valence-corrected chi connectivity index (χ0v) is 14.6. The molecule has 1 heterocycles. The van der Waals surface area contributed by atoms with E-state index in [0.717, 1.165) is 6.42 Å². The summed E-state index contributed by atoms with van der Waals surface area (Å²) in [4.78, 5) is 24.1. The van der Waals surface area contributed by atoms with Crippen molar-refractivity contribution >= 4 is 23.2 Å². The van der Waals surface area contributed by atoms with Crippen LogP contribution in [0, 0.1) is 5.92 Å². The largest absolute Gasteiger partial charge is 0.479 e. The smallest absolute Gasteiger partial charge is 0.265 e. The monoisotopic (exact) mass is 338 g/mol. The number of hydrogen-bond acceptors (Lipinski definition) is 3. The highest BCUT2D eigenvalue weighted by Crippen LogP contribution is 2.32. The van der Waals surface area contributed by atoms with Crippen LogP contribution in [0.4, 0.5) is 11.4 Å². The Hall–Kier alpha value is -2.82. The van der Waals surface area contributed by atoms with Gasteiger partial charge in [-0.15, -0.1) is 0 Å². The molecule has 1 aliphatic heterocycles. The van der Waals surface area contributed by atoms with Crippen LogP contribution in [0.5, 0.6) is 5.75 Å². The molecular formula is C20H22N2O3. The average Bonchev–Trinajstić information content (AvgIpc) is 2.56. The highest BCUT2D eigenvalue weighted by atomic mass is 16.5. The predicted molar refractivity (Wildman–Crippen MR) is 98.1 cm³/mol. The zero-order valence-electron chi connectivity index (χ0n) is 14.6. The summed E-state index contributed by atoms with van der Waals surface area (Å²) in [5.41, 5.74) is 2.98. The molecule has 0 saturated heterocycles. The van der Waals surface area contributed by atoms with Crippen LogP contribution in [0.15, 0.2) is 42.5 Å². The van der Waals surface area contributed by atoms with Gasteiger partial charge in [-0.2, -0.15) is 0 Å². The molecule has 1 aliphatic rings. The van der Waals surface area contributed by atoms with Crippen molar-refractivity contribution in [1.82, 2.24) is 0 Å². The normalized spacial score (nSPS) is 16.0. The van der Waals surface area contributed by atoms with E-state index >= 15 is 0 Å². The van der Waals surface area contributed by atoms with Gasteiger partial charge in [-0.05, 0) is 55.2 Å². The topological polar surface area (TPSA) is 67.4 Å². The third-order valence-electron chi connectivity index (χ3n) is 4.03. The van der Waals surface area contributed by atoms with E-state index in [1.165, 1.54) is 5.56 Å². The Morgan fingerprint density at radius 2 is 1.92 bits per heavy atom. The van der Waals surface area contributed by atoms with Gasteiger partial charge in [-0.3, -0.25) is 9.59 Å². The molecule has 0 fully saturated rings. The number of amides is 2. The van der Waals surface area contributed by atoms with Crippen molar-refractivity contribution in [3.63, 3.8) is 0 Å². The minimum Gasteiger partial charge on any atom is -0.479 e. The highest BCUT2D eigenvalue weighted by molar-refractivity contribution is 6.05. The minimum atomic E-state index is -0.516. The number of carbonyl (C=O) groups excluding carboxylic acids is 2. The molecule has 25 heavy (non-hydrogen) atoms. The number of carbonyl (C=O) groups is 2. The van der Waals surface area contributed by atoms with Crippen molar-refractivity contribution in [1.29, 1.82) is 0 Å². The van der Waals surface area contributed by atoms with Gasteiger partial charge in [-0.25, -0.2) is 0 Å². The molecule has 5 nitrogen and oxygen atoms in total. The van der Waals surface area contributed by atoms with Crippen LogP contribution in [0.3, 0.4) is 0 Å². The van der Waals surface area contributed by atoms with Crippen LogP contribution >= 0.6 is 0 Å². The first-order valence-electron chi connectivity index (χ1n) is 8.44. The molecule has 1 atom stereocenters. The van der Waals surface area contributed by atoms with Gasteiger partial charge in [0.05, 0.1) is 5.69 Å². The van der Waals surface area contributed by atoms with Crippen LogP contribution < -0.4 is 15.4 Å². The summed E-state index contributed by atoms with van der Waals surface area (Å²) in [5, 5.41) is 5.62. The van der Waals surface area contributed by atoms with Gasteiger partial charge < -0.3 is 15.4 Å². The minimum absolute atomic E-state index is 0.188. The molecule has 0 spiro atoms. The van der Waals surface area contributed by atoms with Gasteiger partial charge in [0.2, 0.25) is 0 Å². The summed E-state index contributed by atoms with van der Waals surface area (Å²) in [6, 6.07) is 12.8. The van der Waals surface area contributed by atoms with Gasteiger partial charge in [-0.1, -0.05) is 26.0 Å². The van der Waals surface area contributed by atoms with Gasteiger partial charge >= 0.3 is 0 Å². The fourth-order valence-corrected chi connectivity index (χ4v) is 2.75. The van der Waals surface area contributed by atoms with Crippen molar-refractivity contribution in [3.05, 3.63) is 53.6 Å². The Morgan fingerprint density at radius 1 is 1.20 bits per heavy atom. The Morgan fingerprint density at radius 3 is 2.60 bits per heavy atom. The van der Waals surface area contributed by atoms with Crippen LogP contribution in [0.1, 0.15) is 36.7 Å². The number of benzene rings is 2. The summed E-state index contributed by atoms with van der Waals surface area (Å²) < 4.78 is 5.51. The number of fused-ring (bicyclic) bond motifs is 1. The Labute approximate surface area is 147 Å². The van der Waals surface area contributed by atoms with Crippen molar-refractivity contribution < 1.29 is 14.3 Å². The molecular weight excluding hydrogens is 316 g/mol. The second kappa shape index (κ2) is 6.97. The third-order valence-corrected chi connectivity index (χ3v) is 4.03. The fraction of sp³-hybridized carbons (Fsp3) is 0.300. The Bertz CT molecular complexity index is 797. The first-order valence-corrected chi connectivity index (χ1v) is 8.44. The van der Waals surface area contributed by atoms with Crippen molar-refractivity contribution in [2.24, 2.45) is 5.92 Å². The van der Waals surface area contributed by atoms with E-state index in [0.29, 0.717) is 28.6 Å². The number of ether oxygens (including phenoxy) is 1. The first-order chi connectivity index (χ1) is 11.9. The zero-order chi connectivity index (χ0) is 18.0. The molecule has 130 valence electrons. The third kappa shape index (κ3) is 3.99. The summed E-state index contributed by atoms with van der Waals surface area (Å²) in [6.45, 7) is 6.02. The lowest BCUT2D eigenvalue weighted by atomic mass is 10.0. The second-order valence-corrected chi connectivity index (χ2v) is 6.71. The standard InChI is InChI=1S/C20H22N2O3/c1-12(2)10-14-4-6-15(7-5-14)20(24)21-16-8-9-18-17(11-16)22-19(23)13(3)25-18/h4-9,11-13H,10H2,1-3H3,(H,21,24)(H,22,23)/t13-/m0/s1. The van der Waals surface area contributed by atoms with E-state index in [1.807, 2.05) is 24.3 Å². The van der Waals surface area contributed by atoms with Crippen molar-refractivity contribution in [2.45, 2.75) is 33.3 Å². The highest BCUT2D eigenvalue weighted by Gasteiger charge is 2.23. The molecule has 0 radical (unpaired) electrons. The average molecular weight is 338 g/mol. The lowest BCUT2D eigenvalue weighted by Crippen LogP contribution is -2.34. The quantitative estimate of drug-likeness (QED) is 0.889. The molecule has 2 N–H and O–H groups in total. The second-order valence-electron chi connectivity index (χ2n) is 6.71. The molecule has 0 unspecified atom stereocenters. The Kier molecular flexibility index (Phi) is 4.74. The van der Waals surface area contributed by atoms with E-state index in [1.54, 1.807) is 25.1 Å². The summed E-state index contributed by atoms with van der Waals surface area (Å²) >= 11 is 0. The van der Waals surface area contributed by atoms with E-state index in [9.17, 15) is 9.59 Å². The molecule has 0 bridgehead atoms. The van der Waals surface area contributed by atoms with E-state index in [-0.39, 0.29) is 11.8 Å². The van der Waals surface area contributed by atoms with Crippen LogP contribution in [-0.2, 0) is 11.2 Å². The van der Waals surface area contributed by atoms with Gasteiger partial charge in [0, 0.05) is 11.3 Å². The van der Waals surface area contributed by atoms with Crippen molar-refractivity contribution in [3.8, 4) is 5.75 Å². The molecule has 2 aromatic carbocycles. The molecule has 2 amide bonds. The maximum atomic E-state index is 12.4. The number of rotatable bonds is 4. The number of hydrogen-bond donors (Lipinski definition) is 2. The summed E-state index contributed by atoms with van der Waals surface area (Å²) in [5.74, 6) is 0.794. The van der Waals surface area contributed by atoms with E-state index in [2.05, 4.69) is 24.5 Å².